The van der Waals surface area contributed by atoms with Gasteiger partial charge in [-0.05, 0) is 37.8 Å². The van der Waals surface area contributed by atoms with Gasteiger partial charge in [-0.3, -0.25) is 4.79 Å². The predicted octanol–water partition coefficient (Wildman–Crippen LogP) is 2.57. The third kappa shape index (κ3) is 4.21. The average molecular weight is 291 g/mol. The molecule has 0 bridgehead atoms. The van der Waals surface area contributed by atoms with Crippen LogP contribution >= 0.6 is 0 Å². The first-order chi connectivity index (χ1) is 10.1. The normalized spacial score (nSPS) is 23.4. The molecule has 1 aliphatic carbocycles. The largest absolute Gasteiger partial charge is 0.480 e. The number of aryl methyl sites for hydroxylation is 1. The zero-order valence-corrected chi connectivity index (χ0v) is 12.8. The highest BCUT2D eigenvalue weighted by molar-refractivity contribution is 5.81. The van der Waals surface area contributed by atoms with Crippen molar-refractivity contribution in [1.29, 1.82) is 0 Å². The van der Waals surface area contributed by atoms with Gasteiger partial charge in [-0.2, -0.15) is 0 Å². The van der Waals surface area contributed by atoms with E-state index in [2.05, 4.69) is 5.32 Å². The van der Waals surface area contributed by atoms with Crippen LogP contribution in [0.15, 0.2) is 24.3 Å². The molecule has 116 valence electrons. The van der Waals surface area contributed by atoms with Crippen LogP contribution in [0, 0.1) is 6.92 Å². The van der Waals surface area contributed by atoms with Gasteiger partial charge in [0.25, 0.3) is 5.91 Å². The number of aliphatic hydroxyl groups excluding tert-OH is 1. The van der Waals surface area contributed by atoms with Gasteiger partial charge in [0.05, 0.1) is 12.1 Å². The fourth-order valence-electron chi connectivity index (χ4n) is 2.72. The van der Waals surface area contributed by atoms with E-state index >= 15 is 0 Å². The van der Waals surface area contributed by atoms with E-state index in [1.165, 1.54) is 0 Å². The van der Waals surface area contributed by atoms with Gasteiger partial charge in [0, 0.05) is 0 Å². The Kier molecular flexibility index (Phi) is 5.62. The highest BCUT2D eigenvalue weighted by Crippen LogP contribution is 2.21. The van der Waals surface area contributed by atoms with Crippen molar-refractivity contribution in [2.45, 2.75) is 64.2 Å². The van der Waals surface area contributed by atoms with Crippen molar-refractivity contribution in [2.75, 3.05) is 0 Å². The molecule has 1 aromatic carbocycles. The molecule has 1 aliphatic rings. The first kappa shape index (κ1) is 15.8. The minimum Gasteiger partial charge on any atom is -0.480 e. The number of amides is 1. The Morgan fingerprint density at radius 1 is 1.38 bits per heavy atom. The minimum absolute atomic E-state index is 0.133. The standard InChI is InChI=1S/C17H25NO3/c1-3-15(21-16-11-7-4-8-12(16)2)17(20)18-13-9-5-6-10-14(13)19/h4,7-8,11,13-15,19H,3,5-6,9-10H2,1-2H3,(H,18,20). The van der Waals surface area contributed by atoms with Crippen molar-refractivity contribution in [2.24, 2.45) is 0 Å². The number of hydrogen-bond acceptors (Lipinski definition) is 3. The average Bonchev–Trinajstić information content (AvgIpc) is 2.48. The molecule has 1 aromatic rings. The number of ether oxygens (including phenoxy) is 1. The summed E-state index contributed by atoms with van der Waals surface area (Å²) in [6.07, 6.45) is 3.35. The Balaban J connectivity index is 1.97. The maximum Gasteiger partial charge on any atom is 0.261 e. The quantitative estimate of drug-likeness (QED) is 0.876. The van der Waals surface area contributed by atoms with E-state index < -0.39 is 12.2 Å². The SMILES string of the molecule is CCC(Oc1ccccc1C)C(=O)NC1CCCCC1O. The van der Waals surface area contributed by atoms with Crippen LogP contribution in [0.4, 0.5) is 0 Å². The van der Waals surface area contributed by atoms with Crippen molar-refractivity contribution in [3.05, 3.63) is 29.8 Å². The molecule has 0 heterocycles. The summed E-state index contributed by atoms with van der Waals surface area (Å²) in [5.74, 6) is 0.607. The van der Waals surface area contributed by atoms with Gasteiger partial charge in [-0.15, -0.1) is 0 Å². The number of hydrogen-bond donors (Lipinski definition) is 2. The third-order valence-corrected chi connectivity index (χ3v) is 4.08. The van der Waals surface area contributed by atoms with Crippen LogP contribution in [0.2, 0.25) is 0 Å². The fraction of sp³-hybridized carbons (Fsp3) is 0.588. The summed E-state index contributed by atoms with van der Waals surface area (Å²) in [6, 6.07) is 7.55. The Hall–Kier alpha value is -1.55. The molecule has 0 spiro atoms. The zero-order chi connectivity index (χ0) is 15.2. The van der Waals surface area contributed by atoms with Gasteiger partial charge in [0.15, 0.2) is 6.10 Å². The van der Waals surface area contributed by atoms with E-state index in [4.69, 9.17) is 4.74 Å². The van der Waals surface area contributed by atoms with Crippen LogP contribution in [0.25, 0.3) is 0 Å². The molecule has 2 N–H and O–H groups in total. The highest BCUT2D eigenvalue weighted by atomic mass is 16.5. The van der Waals surface area contributed by atoms with E-state index in [1.54, 1.807) is 0 Å². The molecule has 4 nitrogen and oxygen atoms in total. The molecule has 3 unspecified atom stereocenters. The van der Waals surface area contributed by atoms with Crippen molar-refractivity contribution >= 4 is 5.91 Å². The number of aliphatic hydroxyl groups is 1. The second kappa shape index (κ2) is 7.46. The molecular weight excluding hydrogens is 266 g/mol. The third-order valence-electron chi connectivity index (χ3n) is 4.08. The molecule has 1 amide bonds. The van der Waals surface area contributed by atoms with Crippen LogP contribution in [-0.2, 0) is 4.79 Å². The van der Waals surface area contributed by atoms with E-state index in [0.29, 0.717) is 6.42 Å². The minimum atomic E-state index is -0.514. The Morgan fingerprint density at radius 2 is 2.10 bits per heavy atom. The fourth-order valence-corrected chi connectivity index (χ4v) is 2.72. The molecule has 3 atom stereocenters. The number of carbonyl (C=O) groups excluding carboxylic acids is 1. The first-order valence-corrected chi connectivity index (χ1v) is 7.82. The second-order valence-corrected chi connectivity index (χ2v) is 5.75. The Morgan fingerprint density at radius 3 is 2.76 bits per heavy atom. The summed E-state index contributed by atoms with van der Waals surface area (Å²) < 4.78 is 5.84. The molecule has 1 saturated carbocycles. The highest BCUT2D eigenvalue weighted by Gasteiger charge is 2.28. The van der Waals surface area contributed by atoms with Gasteiger partial charge in [0.1, 0.15) is 5.75 Å². The maximum absolute atomic E-state index is 12.4. The molecule has 0 radical (unpaired) electrons. The Labute approximate surface area is 126 Å². The molecule has 4 heteroatoms. The molecule has 0 aromatic heterocycles. The second-order valence-electron chi connectivity index (χ2n) is 5.75. The van der Waals surface area contributed by atoms with Crippen LogP contribution in [-0.4, -0.2) is 29.3 Å². The van der Waals surface area contributed by atoms with E-state index in [0.717, 1.165) is 37.0 Å². The van der Waals surface area contributed by atoms with Crippen molar-refractivity contribution < 1.29 is 14.6 Å². The number of carbonyl (C=O) groups is 1. The summed E-state index contributed by atoms with van der Waals surface area (Å²) >= 11 is 0. The van der Waals surface area contributed by atoms with Gasteiger partial charge < -0.3 is 15.2 Å². The monoisotopic (exact) mass is 291 g/mol. The maximum atomic E-state index is 12.4. The van der Waals surface area contributed by atoms with E-state index in [-0.39, 0.29) is 11.9 Å². The van der Waals surface area contributed by atoms with Gasteiger partial charge >= 0.3 is 0 Å². The lowest BCUT2D eigenvalue weighted by molar-refractivity contribution is -0.130. The van der Waals surface area contributed by atoms with Crippen LogP contribution in [0.1, 0.15) is 44.6 Å². The summed E-state index contributed by atoms with van der Waals surface area (Å²) in [6.45, 7) is 3.89. The summed E-state index contributed by atoms with van der Waals surface area (Å²) in [4.78, 5) is 12.4. The molecule has 21 heavy (non-hydrogen) atoms. The summed E-state index contributed by atoms with van der Waals surface area (Å²) in [5.41, 5.74) is 1.02. The number of para-hydroxylation sites is 1. The molecule has 0 saturated heterocycles. The summed E-state index contributed by atoms with van der Waals surface area (Å²) in [7, 11) is 0. The molecule has 2 rings (SSSR count). The lowest BCUT2D eigenvalue weighted by Gasteiger charge is -2.30. The first-order valence-electron chi connectivity index (χ1n) is 7.82. The summed E-state index contributed by atoms with van der Waals surface area (Å²) in [5, 5.41) is 12.9. The Bertz CT molecular complexity index is 475. The van der Waals surface area contributed by atoms with Gasteiger partial charge in [-0.25, -0.2) is 0 Å². The van der Waals surface area contributed by atoms with Crippen LogP contribution in [0.3, 0.4) is 0 Å². The molecule has 1 fully saturated rings. The predicted molar refractivity (Wildman–Crippen MR) is 82.3 cm³/mol. The van der Waals surface area contributed by atoms with Gasteiger partial charge in [0.2, 0.25) is 0 Å². The molecular formula is C17H25NO3. The van der Waals surface area contributed by atoms with Crippen molar-refractivity contribution in [1.82, 2.24) is 5.32 Å². The topological polar surface area (TPSA) is 58.6 Å². The smallest absolute Gasteiger partial charge is 0.261 e. The van der Waals surface area contributed by atoms with Gasteiger partial charge in [-0.1, -0.05) is 38.0 Å². The lowest BCUT2D eigenvalue weighted by Crippen LogP contribution is -2.49. The van der Waals surface area contributed by atoms with Crippen molar-refractivity contribution in [3.8, 4) is 5.75 Å². The van der Waals surface area contributed by atoms with E-state index in [9.17, 15) is 9.90 Å². The van der Waals surface area contributed by atoms with Crippen LogP contribution < -0.4 is 10.1 Å². The van der Waals surface area contributed by atoms with E-state index in [1.807, 2.05) is 38.1 Å². The zero-order valence-electron chi connectivity index (χ0n) is 12.8. The molecule has 0 aliphatic heterocycles. The number of rotatable bonds is 5. The van der Waals surface area contributed by atoms with Crippen LogP contribution in [0.5, 0.6) is 5.75 Å². The van der Waals surface area contributed by atoms with Crippen molar-refractivity contribution in [3.63, 3.8) is 0 Å². The lowest BCUT2D eigenvalue weighted by atomic mass is 9.92. The number of nitrogens with one attached hydrogen (secondary N) is 1. The number of benzene rings is 1.